The lowest BCUT2D eigenvalue weighted by Crippen LogP contribution is -2.40. The van der Waals surface area contributed by atoms with Crippen molar-refractivity contribution >= 4 is 5.91 Å². The van der Waals surface area contributed by atoms with E-state index in [2.05, 4.69) is 22.3 Å². The van der Waals surface area contributed by atoms with E-state index in [1.54, 1.807) is 21.3 Å². The molecule has 150 valence electrons. The van der Waals surface area contributed by atoms with E-state index in [4.69, 9.17) is 14.2 Å². The number of hydrogen-bond donors (Lipinski definition) is 1. The van der Waals surface area contributed by atoms with Crippen molar-refractivity contribution in [2.75, 3.05) is 34.4 Å². The fraction of sp³-hybridized carbons (Fsp3) is 0.409. The van der Waals surface area contributed by atoms with Crippen LogP contribution in [-0.4, -0.2) is 45.2 Å². The molecule has 0 aromatic heterocycles. The van der Waals surface area contributed by atoms with Crippen LogP contribution in [-0.2, 0) is 17.8 Å². The molecule has 1 aliphatic rings. The van der Waals surface area contributed by atoms with Crippen LogP contribution in [0.4, 0.5) is 0 Å². The number of hydrogen-bond acceptors (Lipinski definition) is 5. The van der Waals surface area contributed by atoms with Crippen LogP contribution >= 0.6 is 0 Å². The van der Waals surface area contributed by atoms with Crippen molar-refractivity contribution in [1.29, 1.82) is 0 Å². The Bertz CT molecular complexity index is 837. The Hall–Kier alpha value is -2.73. The predicted octanol–water partition coefficient (Wildman–Crippen LogP) is 2.95. The number of benzene rings is 2. The molecule has 1 atom stereocenters. The summed E-state index contributed by atoms with van der Waals surface area (Å²) >= 11 is 0. The first-order chi connectivity index (χ1) is 13.5. The standard InChI is InChI=1S/C22H28N2O4/c1-15(20-12-19(27-3)7-8-21(20)28-4)23-22(25)14-24-10-9-16-5-6-18(26-2)11-17(16)13-24/h5-8,11-12,15H,9-10,13-14H2,1-4H3,(H,23,25)/t15-/m0/s1. The van der Waals surface area contributed by atoms with Gasteiger partial charge in [0.1, 0.15) is 17.2 Å². The molecule has 0 fully saturated rings. The number of nitrogens with zero attached hydrogens (tertiary/aromatic N) is 1. The molecule has 0 saturated heterocycles. The van der Waals surface area contributed by atoms with Crippen LogP contribution in [0.15, 0.2) is 36.4 Å². The zero-order valence-corrected chi connectivity index (χ0v) is 17.0. The van der Waals surface area contributed by atoms with Crippen LogP contribution in [0, 0.1) is 0 Å². The van der Waals surface area contributed by atoms with Crippen molar-refractivity contribution in [3.8, 4) is 17.2 Å². The molecule has 0 aliphatic carbocycles. The van der Waals surface area contributed by atoms with Gasteiger partial charge in [0.2, 0.25) is 5.91 Å². The second-order valence-corrected chi connectivity index (χ2v) is 6.99. The molecule has 1 amide bonds. The summed E-state index contributed by atoms with van der Waals surface area (Å²) < 4.78 is 16.0. The summed E-state index contributed by atoms with van der Waals surface area (Å²) in [7, 11) is 4.92. The molecular weight excluding hydrogens is 356 g/mol. The molecule has 2 aromatic rings. The van der Waals surface area contributed by atoms with Gasteiger partial charge >= 0.3 is 0 Å². The molecule has 0 spiro atoms. The molecule has 6 heteroatoms. The summed E-state index contributed by atoms with van der Waals surface area (Å²) in [5.74, 6) is 2.30. The van der Waals surface area contributed by atoms with E-state index in [9.17, 15) is 4.79 Å². The summed E-state index contributed by atoms with van der Waals surface area (Å²) in [6.07, 6.45) is 0.936. The third-order valence-electron chi connectivity index (χ3n) is 5.15. The van der Waals surface area contributed by atoms with E-state index in [0.29, 0.717) is 6.54 Å². The number of amides is 1. The number of carbonyl (C=O) groups is 1. The Morgan fingerprint density at radius 1 is 1.04 bits per heavy atom. The first-order valence-electron chi connectivity index (χ1n) is 9.43. The summed E-state index contributed by atoms with van der Waals surface area (Å²) in [6.45, 7) is 3.92. The van der Waals surface area contributed by atoms with Gasteiger partial charge in [0.25, 0.3) is 0 Å². The fourth-order valence-corrected chi connectivity index (χ4v) is 3.60. The average molecular weight is 384 g/mol. The number of ether oxygens (including phenoxy) is 3. The van der Waals surface area contributed by atoms with Crippen molar-refractivity contribution in [1.82, 2.24) is 10.2 Å². The lowest BCUT2D eigenvalue weighted by atomic mass is 9.99. The predicted molar refractivity (Wildman–Crippen MR) is 108 cm³/mol. The van der Waals surface area contributed by atoms with Gasteiger partial charge < -0.3 is 19.5 Å². The van der Waals surface area contributed by atoms with E-state index in [1.165, 1.54) is 11.1 Å². The maximum absolute atomic E-state index is 12.6. The van der Waals surface area contributed by atoms with Crippen molar-refractivity contribution in [2.24, 2.45) is 0 Å². The number of rotatable bonds is 7. The monoisotopic (exact) mass is 384 g/mol. The molecule has 1 heterocycles. The molecule has 3 rings (SSSR count). The summed E-state index contributed by atoms with van der Waals surface area (Å²) in [6, 6.07) is 11.6. The third-order valence-corrected chi connectivity index (χ3v) is 5.15. The van der Waals surface area contributed by atoms with Gasteiger partial charge in [-0.2, -0.15) is 0 Å². The van der Waals surface area contributed by atoms with Gasteiger partial charge in [0.05, 0.1) is 33.9 Å². The van der Waals surface area contributed by atoms with Crippen molar-refractivity contribution < 1.29 is 19.0 Å². The quantitative estimate of drug-likeness (QED) is 0.795. The van der Waals surface area contributed by atoms with Gasteiger partial charge in [-0.3, -0.25) is 9.69 Å². The zero-order valence-electron chi connectivity index (χ0n) is 17.0. The highest BCUT2D eigenvalue weighted by atomic mass is 16.5. The smallest absolute Gasteiger partial charge is 0.234 e. The van der Waals surface area contributed by atoms with E-state index in [1.807, 2.05) is 31.2 Å². The van der Waals surface area contributed by atoms with Crippen molar-refractivity contribution in [3.63, 3.8) is 0 Å². The van der Waals surface area contributed by atoms with Gasteiger partial charge in [-0.15, -0.1) is 0 Å². The minimum Gasteiger partial charge on any atom is -0.497 e. The molecule has 28 heavy (non-hydrogen) atoms. The average Bonchev–Trinajstić information content (AvgIpc) is 2.72. The van der Waals surface area contributed by atoms with Crippen molar-refractivity contribution in [3.05, 3.63) is 53.1 Å². The second kappa shape index (κ2) is 8.97. The first kappa shape index (κ1) is 20.0. The highest BCUT2D eigenvalue weighted by Crippen LogP contribution is 2.29. The third kappa shape index (κ3) is 4.57. The zero-order chi connectivity index (χ0) is 20.1. The van der Waals surface area contributed by atoms with Crippen LogP contribution in [0.5, 0.6) is 17.2 Å². The topological polar surface area (TPSA) is 60.0 Å². The number of nitrogens with one attached hydrogen (secondary N) is 1. The van der Waals surface area contributed by atoms with Crippen LogP contribution in [0.1, 0.15) is 29.7 Å². The Labute approximate surface area is 166 Å². The Balaban J connectivity index is 1.63. The number of methoxy groups -OCH3 is 3. The van der Waals surface area contributed by atoms with Crippen LogP contribution < -0.4 is 19.5 Å². The highest BCUT2D eigenvalue weighted by Gasteiger charge is 2.21. The highest BCUT2D eigenvalue weighted by molar-refractivity contribution is 5.78. The maximum Gasteiger partial charge on any atom is 0.234 e. The number of fused-ring (bicyclic) bond motifs is 1. The molecule has 1 N–H and O–H groups in total. The van der Waals surface area contributed by atoms with E-state index < -0.39 is 0 Å². The minimum absolute atomic E-state index is 0.0104. The molecule has 2 aromatic carbocycles. The Morgan fingerprint density at radius 2 is 1.75 bits per heavy atom. The summed E-state index contributed by atoms with van der Waals surface area (Å²) in [5.41, 5.74) is 3.44. The minimum atomic E-state index is -0.185. The molecule has 0 bridgehead atoms. The Kier molecular flexibility index (Phi) is 6.41. The van der Waals surface area contributed by atoms with Gasteiger partial charge in [-0.1, -0.05) is 6.07 Å². The van der Waals surface area contributed by atoms with Crippen LogP contribution in [0.3, 0.4) is 0 Å². The molecule has 0 unspecified atom stereocenters. The van der Waals surface area contributed by atoms with Gasteiger partial charge in [0.15, 0.2) is 0 Å². The molecule has 0 radical (unpaired) electrons. The van der Waals surface area contributed by atoms with Crippen LogP contribution in [0.2, 0.25) is 0 Å². The molecule has 1 aliphatic heterocycles. The lowest BCUT2D eigenvalue weighted by molar-refractivity contribution is -0.123. The molecule has 6 nitrogen and oxygen atoms in total. The fourth-order valence-electron chi connectivity index (χ4n) is 3.60. The largest absolute Gasteiger partial charge is 0.497 e. The van der Waals surface area contributed by atoms with Gasteiger partial charge in [-0.05, 0) is 54.8 Å². The van der Waals surface area contributed by atoms with Crippen molar-refractivity contribution in [2.45, 2.75) is 25.9 Å². The van der Waals surface area contributed by atoms with Gasteiger partial charge in [0, 0.05) is 18.7 Å². The van der Waals surface area contributed by atoms with Gasteiger partial charge in [-0.25, -0.2) is 0 Å². The maximum atomic E-state index is 12.6. The Morgan fingerprint density at radius 3 is 2.46 bits per heavy atom. The summed E-state index contributed by atoms with van der Waals surface area (Å²) in [5, 5.41) is 3.08. The molecule has 0 saturated carbocycles. The second-order valence-electron chi connectivity index (χ2n) is 6.99. The van der Waals surface area contributed by atoms with E-state index in [0.717, 1.165) is 42.3 Å². The SMILES string of the molecule is COc1ccc2c(c1)CN(CC(=O)N[C@@H](C)c1cc(OC)ccc1OC)CC2. The van der Waals surface area contributed by atoms with Crippen LogP contribution in [0.25, 0.3) is 0 Å². The lowest BCUT2D eigenvalue weighted by Gasteiger charge is -2.29. The molecular formula is C22H28N2O4. The first-order valence-corrected chi connectivity index (χ1v) is 9.43. The van der Waals surface area contributed by atoms with E-state index >= 15 is 0 Å². The summed E-state index contributed by atoms with van der Waals surface area (Å²) in [4.78, 5) is 14.8. The number of carbonyl (C=O) groups excluding carboxylic acids is 1. The normalized spacial score (nSPS) is 14.7. The van der Waals surface area contributed by atoms with E-state index in [-0.39, 0.29) is 11.9 Å².